The first-order valence-corrected chi connectivity index (χ1v) is 14.1. The third kappa shape index (κ3) is 7.16. The Morgan fingerprint density at radius 2 is 1.93 bits per heavy atom. The molecule has 3 N–H and O–H groups in total. The number of carbonyl (C=O) groups is 3. The largest absolute Gasteiger partial charge is 0.489 e. The van der Waals surface area contributed by atoms with Gasteiger partial charge in [0.2, 0.25) is 11.8 Å². The number of halogens is 2. The molecular formula is C28H35F2N5O8. The molecule has 0 bridgehead atoms. The van der Waals surface area contributed by atoms with E-state index in [1.807, 2.05) is 0 Å². The quantitative estimate of drug-likeness (QED) is 0.411. The summed E-state index contributed by atoms with van der Waals surface area (Å²) in [5.74, 6) is -0.490. The second-order valence-corrected chi connectivity index (χ2v) is 10.8. The lowest BCUT2D eigenvalue weighted by atomic mass is 10.1. The van der Waals surface area contributed by atoms with Gasteiger partial charge in [-0.3, -0.25) is 9.59 Å². The maximum absolute atomic E-state index is 14.0. The average molecular weight is 608 g/mol. The number of nitrogens with one attached hydrogen (secondary N) is 1. The van der Waals surface area contributed by atoms with Crippen molar-refractivity contribution < 1.29 is 46.5 Å². The molecule has 3 atom stereocenters. The van der Waals surface area contributed by atoms with Crippen LogP contribution in [0.2, 0.25) is 0 Å². The highest BCUT2D eigenvalue weighted by atomic mass is 19.3. The standard InChI is InChI=1S/C28H35F2N5O8/c1-15(31)23-22(33-24(43-23)17-5-6-20(42-27(29)30)21(11-17)41-14-16-3-4-16)26(37)35-13-18(32-28(38)39-2)12-19(35)25(36)34-7-9-40-10-8-34/h5-6,11,15-16,18-19,27H,3-4,7-10,12-14,31H2,1-2H3,(H,32,38)/t15-,18+,19-/m0/s1. The SMILES string of the molecule is COC(=O)N[C@@H]1C[C@@H](C(=O)N2CCOCC2)N(C(=O)c2nc(-c3ccc(OC(F)F)c(OCC4CC4)c3)oc2[C@H](C)N)C1. The molecule has 1 aromatic heterocycles. The maximum Gasteiger partial charge on any atom is 0.407 e. The highest BCUT2D eigenvalue weighted by molar-refractivity contribution is 5.98. The molecule has 5 rings (SSSR count). The van der Waals surface area contributed by atoms with Crippen molar-refractivity contribution >= 4 is 17.9 Å². The Balaban J connectivity index is 1.45. The number of amides is 3. The van der Waals surface area contributed by atoms with Gasteiger partial charge in [0.25, 0.3) is 5.91 Å². The Bertz CT molecular complexity index is 1330. The van der Waals surface area contributed by atoms with E-state index in [0.717, 1.165) is 12.8 Å². The number of benzene rings is 1. The van der Waals surface area contributed by atoms with E-state index in [-0.39, 0.29) is 47.7 Å². The number of alkyl carbamates (subject to hydrolysis) is 1. The third-order valence-corrected chi connectivity index (χ3v) is 7.52. The van der Waals surface area contributed by atoms with Gasteiger partial charge < -0.3 is 44.2 Å². The van der Waals surface area contributed by atoms with Crippen molar-refractivity contribution in [2.45, 2.75) is 50.9 Å². The molecule has 1 aliphatic carbocycles. The number of nitrogens with two attached hydrogens (primary N) is 1. The van der Waals surface area contributed by atoms with Crippen LogP contribution in [-0.2, 0) is 14.3 Å². The van der Waals surface area contributed by atoms with E-state index in [9.17, 15) is 23.2 Å². The molecule has 2 aromatic rings. The minimum atomic E-state index is -3.05. The van der Waals surface area contributed by atoms with Gasteiger partial charge in [-0.2, -0.15) is 8.78 Å². The Kier molecular flexibility index (Phi) is 9.30. The van der Waals surface area contributed by atoms with Gasteiger partial charge in [0.1, 0.15) is 6.04 Å². The van der Waals surface area contributed by atoms with Gasteiger partial charge >= 0.3 is 12.7 Å². The molecule has 0 spiro atoms. The molecule has 1 saturated carbocycles. The lowest BCUT2D eigenvalue weighted by Crippen LogP contribution is -2.51. The van der Waals surface area contributed by atoms with Crippen molar-refractivity contribution in [3.8, 4) is 23.0 Å². The van der Waals surface area contributed by atoms with Crippen molar-refractivity contribution in [2.24, 2.45) is 11.7 Å². The molecule has 15 heteroatoms. The fourth-order valence-corrected chi connectivity index (χ4v) is 5.11. The highest BCUT2D eigenvalue weighted by Gasteiger charge is 2.44. The van der Waals surface area contributed by atoms with Crippen LogP contribution in [0.5, 0.6) is 11.5 Å². The molecule has 234 valence electrons. The number of hydrogen-bond donors (Lipinski definition) is 2. The summed E-state index contributed by atoms with van der Waals surface area (Å²) in [4.78, 5) is 46.9. The summed E-state index contributed by atoms with van der Waals surface area (Å²) in [7, 11) is 1.23. The number of hydrogen-bond acceptors (Lipinski definition) is 10. The van der Waals surface area contributed by atoms with Gasteiger partial charge in [-0.1, -0.05) is 0 Å². The third-order valence-electron chi connectivity index (χ3n) is 7.52. The van der Waals surface area contributed by atoms with Crippen LogP contribution in [0.15, 0.2) is 22.6 Å². The van der Waals surface area contributed by atoms with Gasteiger partial charge in [-0.05, 0) is 50.3 Å². The van der Waals surface area contributed by atoms with E-state index in [0.29, 0.717) is 44.4 Å². The van der Waals surface area contributed by atoms with E-state index in [1.165, 1.54) is 30.2 Å². The summed E-state index contributed by atoms with van der Waals surface area (Å²) in [6.45, 7) is 0.454. The predicted octanol–water partition coefficient (Wildman–Crippen LogP) is 2.55. The zero-order valence-corrected chi connectivity index (χ0v) is 23.9. The molecule has 0 unspecified atom stereocenters. The molecule has 13 nitrogen and oxygen atoms in total. The smallest absolute Gasteiger partial charge is 0.407 e. The second-order valence-electron chi connectivity index (χ2n) is 10.8. The van der Waals surface area contributed by atoms with E-state index in [4.69, 9.17) is 24.4 Å². The summed E-state index contributed by atoms with van der Waals surface area (Å²) in [5.41, 5.74) is 6.41. The van der Waals surface area contributed by atoms with E-state index < -0.39 is 36.7 Å². The average Bonchev–Trinajstić information content (AvgIpc) is 3.56. The number of methoxy groups -OCH3 is 1. The van der Waals surface area contributed by atoms with Crippen LogP contribution in [0.4, 0.5) is 13.6 Å². The molecule has 2 aliphatic heterocycles. The van der Waals surface area contributed by atoms with Crippen LogP contribution in [-0.4, -0.2) is 98.0 Å². The maximum atomic E-state index is 14.0. The molecule has 3 heterocycles. The normalized spacial score (nSPS) is 21.1. The molecule has 43 heavy (non-hydrogen) atoms. The minimum absolute atomic E-state index is 0.00927. The van der Waals surface area contributed by atoms with Crippen LogP contribution in [0.25, 0.3) is 11.5 Å². The molecular weight excluding hydrogens is 572 g/mol. The van der Waals surface area contributed by atoms with E-state index >= 15 is 0 Å². The van der Waals surface area contributed by atoms with Crippen molar-refractivity contribution in [3.05, 3.63) is 29.7 Å². The summed E-state index contributed by atoms with van der Waals surface area (Å²) in [6.07, 6.45) is 1.48. The molecule has 1 aromatic carbocycles. The minimum Gasteiger partial charge on any atom is -0.489 e. The van der Waals surface area contributed by atoms with Crippen molar-refractivity contribution in [3.63, 3.8) is 0 Å². The van der Waals surface area contributed by atoms with Crippen LogP contribution in [0.1, 0.15) is 48.5 Å². The summed E-state index contributed by atoms with van der Waals surface area (Å²) < 4.78 is 52.4. The first kappa shape index (κ1) is 30.5. The number of aromatic nitrogens is 1. The van der Waals surface area contributed by atoms with Crippen LogP contribution < -0.4 is 20.5 Å². The fraction of sp³-hybridized carbons (Fsp3) is 0.571. The Morgan fingerprint density at radius 1 is 1.19 bits per heavy atom. The topological polar surface area (TPSA) is 159 Å². The molecule has 3 fully saturated rings. The van der Waals surface area contributed by atoms with Gasteiger partial charge in [0.05, 0.1) is 39.0 Å². The van der Waals surface area contributed by atoms with E-state index in [2.05, 4.69) is 15.0 Å². The number of nitrogens with zero attached hydrogens (tertiary/aromatic N) is 3. The van der Waals surface area contributed by atoms with Crippen molar-refractivity contribution in [1.82, 2.24) is 20.1 Å². The second kappa shape index (κ2) is 13.1. The first-order valence-electron chi connectivity index (χ1n) is 14.1. The van der Waals surface area contributed by atoms with E-state index in [1.54, 1.807) is 11.8 Å². The Morgan fingerprint density at radius 3 is 2.58 bits per heavy atom. The number of oxazole rings is 1. The molecule has 3 amide bonds. The summed E-state index contributed by atoms with van der Waals surface area (Å²) >= 11 is 0. The van der Waals surface area contributed by atoms with Crippen LogP contribution >= 0.6 is 0 Å². The van der Waals surface area contributed by atoms with Crippen LogP contribution in [0, 0.1) is 5.92 Å². The number of morpholine rings is 1. The summed E-state index contributed by atoms with van der Waals surface area (Å²) in [6, 6.07) is 2.05. The monoisotopic (exact) mass is 607 g/mol. The van der Waals surface area contributed by atoms with Gasteiger partial charge in [0.15, 0.2) is 23.0 Å². The summed E-state index contributed by atoms with van der Waals surface area (Å²) in [5, 5.41) is 2.67. The molecule has 0 radical (unpaired) electrons. The lowest BCUT2D eigenvalue weighted by molar-refractivity contribution is -0.139. The number of carbonyl (C=O) groups excluding carboxylic acids is 3. The molecule has 2 saturated heterocycles. The zero-order chi connectivity index (χ0) is 30.7. The van der Waals surface area contributed by atoms with Gasteiger partial charge in [-0.25, -0.2) is 9.78 Å². The van der Waals surface area contributed by atoms with Gasteiger partial charge in [-0.15, -0.1) is 0 Å². The number of rotatable bonds is 10. The predicted molar refractivity (Wildman–Crippen MR) is 146 cm³/mol. The van der Waals surface area contributed by atoms with Crippen LogP contribution in [0.3, 0.4) is 0 Å². The first-order chi connectivity index (χ1) is 20.6. The number of likely N-dealkylation sites (tertiary alicyclic amines) is 1. The number of ether oxygens (including phenoxy) is 4. The lowest BCUT2D eigenvalue weighted by Gasteiger charge is -2.32. The molecule has 3 aliphatic rings. The fourth-order valence-electron chi connectivity index (χ4n) is 5.11. The van der Waals surface area contributed by atoms with Crippen molar-refractivity contribution in [1.29, 1.82) is 0 Å². The Labute approximate surface area is 246 Å². The number of alkyl halides is 2. The highest BCUT2D eigenvalue weighted by Crippen LogP contribution is 2.37. The zero-order valence-electron chi connectivity index (χ0n) is 23.9. The van der Waals surface area contributed by atoms with Gasteiger partial charge in [0, 0.05) is 25.2 Å². The van der Waals surface area contributed by atoms with Crippen molar-refractivity contribution in [2.75, 3.05) is 46.6 Å². The Hall–Kier alpha value is -3.98.